The zero-order valence-electron chi connectivity index (χ0n) is 14.0. The molecule has 0 aliphatic carbocycles. The van der Waals surface area contributed by atoms with Gasteiger partial charge in [-0.25, -0.2) is 9.07 Å². The van der Waals surface area contributed by atoms with Gasteiger partial charge in [0.15, 0.2) is 11.4 Å². The second-order valence-corrected chi connectivity index (χ2v) is 6.08. The van der Waals surface area contributed by atoms with Crippen LogP contribution in [-0.2, 0) is 0 Å². The second kappa shape index (κ2) is 7.00. The lowest BCUT2D eigenvalue weighted by atomic mass is 9.95. The van der Waals surface area contributed by atoms with Gasteiger partial charge in [0, 0.05) is 12.1 Å². The predicted octanol–water partition coefficient (Wildman–Crippen LogP) is 2.31. The number of aromatic hydroxyl groups is 1. The summed E-state index contributed by atoms with van der Waals surface area (Å²) in [6.45, 7) is 5.38. The van der Waals surface area contributed by atoms with Crippen molar-refractivity contribution in [3.05, 3.63) is 41.5 Å². The van der Waals surface area contributed by atoms with Gasteiger partial charge in [-0.15, -0.1) is 0 Å². The SMILES string of the molecule is CCC(C)(CCO)NC(=O)c1nn(-c2ccc(F)cc2C)cc1O. The van der Waals surface area contributed by atoms with Crippen molar-refractivity contribution in [1.29, 1.82) is 0 Å². The highest BCUT2D eigenvalue weighted by molar-refractivity contribution is 5.95. The first-order chi connectivity index (χ1) is 11.3. The third-order valence-corrected chi connectivity index (χ3v) is 4.17. The Morgan fingerprint density at radius 1 is 1.46 bits per heavy atom. The Morgan fingerprint density at radius 2 is 2.17 bits per heavy atom. The van der Waals surface area contributed by atoms with Crippen LogP contribution in [0.25, 0.3) is 5.69 Å². The summed E-state index contributed by atoms with van der Waals surface area (Å²) in [6, 6.07) is 4.17. The van der Waals surface area contributed by atoms with Crippen LogP contribution in [0.3, 0.4) is 0 Å². The van der Waals surface area contributed by atoms with E-state index in [2.05, 4.69) is 10.4 Å². The molecule has 0 bridgehead atoms. The molecule has 7 heteroatoms. The smallest absolute Gasteiger partial charge is 0.276 e. The molecule has 1 aromatic carbocycles. The molecule has 0 aliphatic rings. The largest absolute Gasteiger partial charge is 0.504 e. The van der Waals surface area contributed by atoms with Crippen molar-refractivity contribution < 1.29 is 19.4 Å². The maximum atomic E-state index is 13.2. The molecule has 1 amide bonds. The van der Waals surface area contributed by atoms with Gasteiger partial charge in [-0.1, -0.05) is 6.92 Å². The molecule has 1 atom stereocenters. The van der Waals surface area contributed by atoms with Gasteiger partial charge in [-0.05, 0) is 50.5 Å². The van der Waals surface area contributed by atoms with E-state index >= 15 is 0 Å². The molecule has 0 radical (unpaired) electrons. The number of aromatic nitrogens is 2. The standard InChI is InChI=1S/C17H22FN3O3/c1-4-17(3,7-8-22)19-16(24)15-14(23)10-21(20-15)13-6-5-12(18)9-11(13)2/h5-6,9-10,22-23H,4,7-8H2,1-3H3,(H,19,24). The number of nitrogens with one attached hydrogen (secondary N) is 1. The van der Waals surface area contributed by atoms with Crippen molar-refractivity contribution in [1.82, 2.24) is 15.1 Å². The molecule has 3 N–H and O–H groups in total. The minimum absolute atomic E-state index is 0.0557. The number of carbonyl (C=O) groups excluding carboxylic acids is 1. The van der Waals surface area contributed by atoms with E-state index in [0.29, 0.717) is 24.1 Å². The van der Waals surface area contributed by atoms with E-state index in [4.69, 9.17) is 5.11 Å². The third kappa shape index (κ3) is 3.73. The molecule has 0 aliphatic heterocycles. The Hall–Kier alpha value is -2.41. The van der Waals surface area contributed by atoms with E-state index in [-0.39, 0.29) is 23.9 Å². The van der Waals surface area contributed by atoms with Gasteiger partial charge in [0.05, 0.1) is 11.9 Å². The number of rotatable bonds is 6. The first kappa shape index (κ1) is 17.9. The van der Waals surface area contributed by atoms with Gasteiger partial charge in [-0.3, -0.25) is 4.79 Å². The second-order valence-electron chi connectivity index (χ2n) is 6.08. The number of nitrogens with zero attached hydrogens (tertiary/aromatic N) is 2. The fourth-order valence-electron chi connectivity index (χ4n) is 2.43. The van der Waals surface area contributed by atoms with E-state index in [0.717, 1.165) is 0 Å². The summed E-state index contributed by atoms with van der Waals surface area (Å²) >= 11 is 0. The van der Waals surface area contributed by atoms with E-state index in [1.165, 1.54) is 29.1 Å². The molecule has 24 heavy (non-hydrogen) atoms. The van der Waals surface area contributed by atoms with E-state index < -0.39 is 11.4 Å². The minimum Gasteiger partial charge on any atom is -0.504 e. The Bertz CT molecular complexity index is 745. The predicted molar refractivity (Wildman–Crippen MR) is 87.8 cm³/mol. The lowest BCUT2D eigenvalue weighted by molar-refractivity contribution is 0.0878. The molecule has 2 aromatic rings. The molecular weight excluding hydrogens is 313 g/mol. The molecule has 2 rings (SSSR count). The number of aliphatic hydroxyl groups excluding tert-OH is 1. The van der Waals surface area contributed by atoms with E-state index in [9.17, 15) is 14.3 Å². The summed E-state index contributed by atoms with van der Waals surface area (Å²) in [5.74, 6) is -1.16. The molecule has 0 saturated carbocycles. The molecule has 1 heterocycles. The lowest BCUT2D eigenvalue weighted by Gasteiger charge is -2.28. The molecule has 1 unspecified atom stereocenters. The Labute approximate surface area is 139 Å². The molecular formula is C17H22FN3O3. The number of carbonyl (C=O) groups is 1. The van der Waals surface area contributed by atoms with Crippen LogP contribution in [0.5, 0.6) is 5.75 Å². The Kier molecular flexibility index (Phi) is 5.23. The average molecular weight is 335 g/mol. The first-order valence-electron chi connectivity index (χ1n) is 7.78. The number of hydrogen-bond acceptors (Lipinski definition) is 4. The Balaban J connectivity index is 2.30. The minimum atomic E-state index is -0.589. The monoisotopic (exact) mass is 335 g/mol. The van der Waals surface area contributed by atoms with Crippen LogP contribution in [0.15, 0.2) is 24.4 Å². The average Bonchev–Trinajstić information content (AvgIpc) is 2.89. The van der Waals surface area contributed by atoms with Crippen molar-refractivity contribution in [2.45, 2.75) is 39.2 Å². The van der Waals surface area contributed by atoms with Crippen LogP contribution in [-0.4, -0.2) is 38.0 Å². The van der Waals surface area contributed by atoms with Gasteiger partial charge in [0.2, 0.25) is 0 Å². The van der Waals surface area contributed by atoms with Crippen LogP contribution in [0.2, 0.25) is 0 Å². The fourth-order valence-corrected chi connectivity index (χ4v) is 2.43. The van der Waals surface area contributed by atoms with Crippen molar-refractivity contribution >= 4 is 5.91 Å². The van der Waals surface area contributed by atoms with Gasteiger partial charge < -0.3 is 15.5 Å². The highest BCUT2D eigenvalue weighted by atomic mass is 19.1. The summed E-state index contributed by atoms with van der Waals surface area (Å²) in [4.78, 5) is 12.4. The number of aliphatic hydroxyl groups is 1. The quantitative estimate of drug-likeness (QED) is 0.756. The van der Waals surface area contributed by atoms with Crippen molar-refractivity contribution in [2.75, 3.05) is 6.61 Å². The molecule has 0 spiro atoms. The molecule has 130 valence electrons. The highest BCUT2D eigenvalue weighted by Gasteiger charge is 2.27. The van der Waals surface area contributed by atoms with Gasteiger partial charge in [-0.2, -0.15) is 5.10 Å². The van der Waals surface area contributed by atoms with Crippen LogP contribution in [0, 0.1) is 12.7 Å². The van der Waals surface area contributed by atoms with Crippen molar-refractivity contribution in [3.8, 4) is 11.4 Å². The van der Waals surface area contributed by atoms with E-state index in [1.807, 2.05) is 13.8 Å². The summed E-state index contributed by atoms with van der Waals surface area (Å²) < 4.78 is 14.6. The third-order valence-electron chi connectivity index (χ3n) is 4.17. The lowest BCUT2D eigenvalue weighted by Crippen LogP contribution is -2.46. The van der Waals surface area contributed by atoms with Gasteiger partial charge >= 0.3 is 0 Å². The Morgan fingerprint density at radius 3 is 2.75 bits per heavy atom. The van der Waals surface area contributed by atoms with E-state index in [1.54, 1.807) is 6.92 Å². The van der Waals surface area contributed by atoms with Crippen LogP contribution >= 0.6 is 0 Å². The highest BCUT2D eigenvalue weighted by Crippen LogP contribution is 2.22. The normalized spacial score (nSPS) is 13.5. The summed E-state index contributed by atoms with van der Waals surface area (Å²) in [6.07, 6.45) is 2.33. The number of halogens is 1. The zero-order valence-corrected chi connectivity index (χ0v) is 14.0. The van der Waals surface area contributed by atoms with Crippen molar-refractivity contribution in [3.63, 3.8) is 0 Å². The topological polar surface area (TPSA) is 87.4 Å². The summed E-state index contributed by atoms with van der Waals surface area (Å²) in [7, 11) is 0. The molecule has 6 nitrogen and oxygen atoms in total. The summed E-state index contributed by atoms with van der Waals surface area (Å²) in [5, 5.41) is 26.1. The molecule has 1 aromatic heterocycles. The van der Waals surface area contributed by atoms with Crippen molar-refractivity contribution in [2.24, 2.45) is 0 Å². The van der Waals surface area contributed by atoms with Crippen LogP contribution in [0.4, 0.5) is 4.39 Å². The van der Waals surface area contributed by atoms with Crippen LogP contribution < -0.4 is 5.32 Å². The number of hydrogen-bond donors (Lipinski definition) is 3. The maximum Gasteiger partial charge on any atom is 0.276 e. The number of aryl methyl sites for hydroxylation is 1. The maximum absolute atomic E-state index is 13.2. The van der Waals surface area contributed by atoms with Crippen LogP contribution in [0.1, 0.15) is 42.7 Å². The fraction of sp³-hybridized carbons (Fsp3) is 0.412. The first-order valence-corrected chi connectivity index (χ1v) is 7.78. The summed E-state index contributed by atoms with van der Waals surface area (Å²) in [5.41, 5.74) is 0.493. The number of benzene rings is 1. The zero-order chi connectivity index (χ0) is 17.9. The molecule has 0 fully saturated rings. The van der Waals surface area contributed by atoms with Gasteiger partial charge in [0.25, 0.3) is 5.91 Å². The van der Waals surface area contributed by atoms with Gasteiger partial charge in [0.1, 0.15) is 5.82 Å². The molecule has 0 saturated heterocycles. The number of amides is 1.